The number of carbonyl (C=O) groups is 3. The number of carbonyl (C=O) groups excluding carboxylic acids is 1. The molecule has 1 amide bonds. The fourth-order valence-corrected chi connectivity index (χ4v) is 1.03. The van der Waals surface area contributed by atoms with Crippen molar-refractivity contribution in [2.24, 2.45) is 5.92 Å². The summed E-state index contributed by atoms with van der Waals surface area (Å²) in [5.41, 5.74) is -1.99. The van der Waals surface area contributed by atoms with Crippen molar-refractivity contribution >= 4 is 77.0 Å². The minimum absolute atomic E-state index is 0. The summed E-state index contributed by atoms with van der Waals surface area (Å²) in [6.45, 7) is 1.07. The Labute approximate surface area is 141 Å². The Kier molecular flexibility index (Phi) is 12.3. The van der Waals surface area contributed by atoms with Crippen LogP contribution in [0.1, 0.15) is 13.3 Å². The van der Waals surface area contributed by atoms with Gasteiger partial charge in [-0.05, 0) is 0 Å². The standard InChI is InChI=1S/C7H11NO7.2Na.2H/c1-3(2-4(9)10)7(14,6(12)13)5(11)8-15;;;;/h3,14-15H,2H2,1H3,(H,8,11)(H,9,10)(H,12,13);;;;. The fourth-order valence-electron chi connectivity index (χ4n) is 1.03. The Morgan fingerprint density at radius 2 is 1.65 bits per heavy atom. The predicted molar refractivity (Wildman–Crippen MR) is 58.2 cm³/mol. The fraction of sp³-hybridized carbons (Fsp3) is 0.571. The molecule has 5 N–H and O–H groups in total. The molecule has 0 rings (SSSR count). The number of hydroxylamine groups is 1. The molecule has 90 valence electrons. The number of amides is 1. The first kappa shape index (κ1) is 22.5. The summed E-state index contributed by atoms with van der Waals surface area (Å²) in [5.74, 6) is -6.26. The number of nitrogens with one attached hydrogen (secondary N) is 1. The molecular weight excluding hydrogens is 256 g/mol. The number of hydrogen-bond acceptors (Lipinski definition) is 5. The molecule has 0 aliphatic heterocycles. The van der Waals surface area contributed by atoms with E-state index in [4.69, 9.17) is 15.4 Å². The van der Waals surface area contributed by atoms with Crippen molar-refractivity contribution in [1.82, 2.24) is 5.48 Å². The van der Waals surface area contributed by atoms with E-state index < -0.39 is 35.8 Å². The van der Waals surface area contributed by atoms with Crippen molar-refractivity contribution < 1.29 is 34.9 Å². The average molecular weight is 269 g/mol. The molecule has 0 radical (unpaired) electrons. The van der Waals surface area contributed by atoms with Crippen LogP contribution in [0.2, 0.25) is 0 Å². The van der Waals surface area contributed by atoms with Crippen LogP contribution in [0.4, 0.5) is 0 Å². The number of hydrogen-bond donors (Lipinski definition) is 5. The van der Waals surface area contributed by atoms with Gasteiger partial charge in [0.05, 0.1) is 6.42 Å². The van der Waals surface area contributed by atoms with Crippen LogP contribution in [0, 0.1) is 5.92 Å². The number of aliphatic carboxylic acids is 2. The van der Waals surface area contributed by atoms with Crippen LogP contribution in [0.3, 0.4) is 0 Å². The van der Waals surface area contributed by atoms with Crippen LogP contribution in [0.5, 0.6) is 0 Å². The van der Waals surface area contributed by atoms with Gasteiger partial charge in [-0.1, -0.05) is 6.92 Å². The maximum absolute atomic E-state index is 10.9. The van der Waals surface area contributed by atoms with E-state index in [-0.39, 0.29) is 59.1 Å². The molecule has 0 aliphatic rings. The predicted octanol–water partition coefficient (Wildman–Crippen LogP) is -2.88. The van der Waals surface area contributed by atoms with E-state index in [9.17, 15) is 19.5 Å². The zero-order valence-corrected chi connectivity index (χ0v) is 7.80. The first-order valence-corrected chi connectivity index (χ1v) is 3.88. The van der Waals surface area contributed by atoms with Crippen molar-refractivity contribution in [3.05, 3.63) is 0 Å². The monoisotopic (exact) mass is 269 g/mol. The van der Waals surface area contributed by atoms with E-state index in [1.54, 1.807) is 0 Å². The zero-order valence-electron chi connectivity index (χ0n) is 7.80. The number of aliphatic hydroxyl groups is 1. The second kappa shape index (κ2) is 9.29. The number of carboxylic acids is 2. The number of rotatable bonds is 5. The topological polar surface area (TPSA) is 144 Å². The molecular formula is C7H13NNa2O7. The minimum atomic E-state index is -2.97. The summed E-state index contributed by atoms with van der Waals surface area (Å²) >= 11 is 0. The van der Waals surface area contributed by atoms with E-state index in [1.807, 2.05) is 0 Å². The Bertz CT molecular complexity index is 298. The molecule has 0 aromatic heterocycles. The van der Waals surface area contributed by atoms with Crippen LogP contribution in [-0.2, 0) is 14.4 Å². The third-order valence-electron chi connectivity index (χ3n) is 1.97. The molecule has 0 aliphatic carbocycles. The van der Waals surface area contributed by atoms with Crippen LogP contribution < -0.4 is 5.48 Å². The first-order chi connectivity index (χ1) is 6.76. The summed E-state index contributed by atoms with van der Waals surface area (Å²) in [6, 6.07) is 0. The van der Waals surface area contributed by atoms with E-state index >= 15 is 0 Å². The quantitative estimate of drug-likeness (QED) is 0.156. The van der Waals surface area contributed by atoms with E-state index in [1.165, 1.54) is 0 Å². The van der Waals surface area contributed by atoms with Gasteiger partial charge in [0.1, 0.15) is 0 Å². The van der Waals surface area contributed by atoms with E-state index in [0.717, 1.165) is 12.4 Å². The summed E-state index contributed by atoms with van der Waals surface area (Å²) in [7, 11) is 0. The average Bonchev–Trinajstić information content (AvgIpc) is 2.13. The molecule has 17 heavy (non-hydrogen) atoms. The molecule has 8 nitrogen and oxygen atoms in total. The van der Waals surface area contributed by atoms with E-state index in [2.05, 4.69) is 0 Å². The van der Waals surface area contributed by atoms with Crippen LogP contribution in [0.25, 0.3) is 0 Å². The maximum atomic E-state index is 10.9. The molecule has 0 saturated heterocycles. The number of carboxylic acid groups (broad SMARTS) is 2. The molecule has 2 unspecified atom stereocenters. The molecule has 0 spiro atoms. The van der Waals surface area contributed by atoms with Crippen molar-refractivity contribution in [2.75, 3.05) is 0 Å². The summed E-state index contributed by atoms with van der Waals surface area (Å²) < 4.78 is 0. The van der Waals surface area contributed by atoms with Crippen molar-refractivity contribution in [2.45, 2.75) is 18.9 Å². The van der Waals surface area contributed by atoms with Gasteiger partial charge in [-0.15, -0.1) is 0 Å². The van der Waals surface area contributed by atoms with Crippen molar-refractivity contribution in [3.8, 4) is 0 Å². The summed E-state index contributed by atoms with van der Waals surface area (Å²) in [4.78, 5) is 31.8. The summed E-state index contributed by atoms with van der Waals surface area (Å²) in [6.07, 6.45) is -0.726. The molecule has 2 atom stereocenters. The normalized spacial score (nSPS) is 14.3. The van der Waals surface area contributed by atoms with Gasteiger partial charge in [0.25, 0.3) is 5.91 Å². The van der Waals surface area contributed by atoms with Crippen LogP contribution >= 0.6 is 0 Å². The third-order valence-corrected chi connectivity index (χ3v) is 1.97. The second-order valence-corrected chi connectivity index (χ2v) is 3.01. The Morgan fingerprint density at radius 3 is 1.88 bits per heavy atom. The van der Waals surface area contributed by atoms with Gasteiger partial charge in [-0.25, -0.2) is 10.3 Å². The Morgan fingerprint density at radius 1 is 1.24 bits per heavy atom. The van der Waals surface area contributed by atoms with Gasteiger partial charge in [0.15, 0.2) is 0 Å². The van der Waals surface area contributed by atoms with Crippen molar-refractivity contribution in [3.63, 3.8) is 0 Å². The second-order valence-electron chi connectivity index (χ2n) is 3.01. The molecule has 0 saturated carbocycles. The van der Waals surface area contributed by atoms with Gasteiger partial charge in [-0.2, -0.15) is 0 Å². The SMILES string of the molecule is CC(CC(=O)O)C(O)(C(=O)O)C(=O)NO.[NaH].[NaH]. The molecule has 10 heteroatoms. The van der Waals surface area contributed by atoms with Crippen LogP contribution in [-0.4, -0.2) is 103 Å². The molecule has 0 aromatic carbocycles. The van der Waals surface area contributed by atoms with Gasteiger partial charge < -0.3 is 15.3 Å². The van der Waals surface area contributed by atoms with Crippen molar-refractivity contribution in [1.29, 1.82) is 0 Å². The van der Waals surface area contributed by atoms with E-state index in [0.29, 0.717) is 0 Å². The first-order valence-electron chi connectivity index (χ1n) is 3.88. The zero-order chi connectivity index (χ0) is 12.2. The van der Waals surface area contributed by atoms with Gasteiger partial charge in [0, 0.05) is 5.92 Å². The van der Waals surface area contributed by atoms with Gasteiger partial charge >= 0.3 is 71.1 Å². The van der Waals surface area contributed by atoms with Gasteiger partial charge in [0.2, 0.25) is 5.60 Å². The molecule has 0 heterocycles. The third kappa shape index (κ3) is 5.66. The Balaban J connectivity index is -0.000000980. The van der Waals surface area contributed by atoms with Gasteiger partial charge in [-0.3, -0.25) is 14.8 Å². The molecule has 0 fully saturated rings. The van der Waals surface area contributed by atoms with Crippen LogP contribution in [0.15, 0.2) is 0 Å². The Hall–Kier alpha value is 0.330. The molecule has 0 bridgehead atoms. The molecule has 0 aromatic rings. The summed E-state index contributed by atoms with van der Waals surface area (Å²) in [5, 5.41) is 34.7.